The summed E-state index contributed by atoms with van der Waals surface area (Å²) in [5, 5.41) is 3.23. The Labute approximate surface area is 171 Å². The van der Waals surface area contributed by atoms with E-state index in [2.05, 4.69) is 17.0 Å². The van der Waals surface area contributed by atoms with E-state index in [0.29, 0.717) is 11.6 Å². The molecule has 0 unspecified atom stereocenters. The van der Waals surface area contributed by atoms with Gasteiger partial charge in [-0.15, -0.1) is 0 Å². The maximum atomic E-state index is 12.7. The molecular formula is C21H25ClN2O3S. The lowest BCUT2D eigenvalue weighted by atomic mass is 9.87. The molecule has 0 radical (unpaired) electrons. The first kappa shape index (κ1) is 20.7. The summed E-state index contributed by atoms with van der Waals surface area (Å²) in [4.78, 5) is 12.7. The highest BCUT2D eigenvalue weighted by molar-refractivity contribution is 7.92. The Morgan fingerprint density at radius 2 is 1.79 bits per heavy atom. The molecule has 1 amide bonds. The molecule has 1 saturated carbocycles. The molecule has 0 bridgehead atoms. The number of hydrogen-bond acceptors (Lipinski definition) is 3. The molecule has 2 N–H and O–H groups in total. The molecule has 0 aliphatic heterocycles. The standard InChI is InChI=1S/C21H25ClN2O3S/c1-14-6-8-16(9-7-14)23-21(25)19-13-18(10-11-20(19)22)28(26,27)24-17-5-3-4-15(2)12-17/h3-5,10-14,16,24H,6-9H2,1-2H3,(H,23,25). The molecule has 3 rings (SSSR count). The van der Waals surface area contributed by atoms with E-state index < -0.39 is 10.0 Å². The summed E-state index contributed by atoms with van der Waals surface area (Å²) >= 11 is 6.19. The van der Waals surface area contributed by atoms with Gasteiger partial charge in [-0.2, -0.15) is 0 Å². The Hall–Kier alpha value is -2.05. The predicted octanol–water partition coefficient (Wildman–Crippen LogP) is 4.76. The van der Waals surface area contributed by atoms with Crippen LogP contribution in [0.1, 0.15) is 48.5 Å². The third kappa shape index (κ3) is 5.06. The van der Waals surface area contributed by atoms with Crippen LogP contribution in [0.5, 0.6) is 0 Å². The second-order valence-electron chi connectivity index (χ2n) is 7.55. The summed E-state index contributed by atoms with van der Waals surface area (Å²) in [6, 6.07) is 11.4. The maximum absolute atomic E-state index is 12.7. The van der Waals surface area contributed by atoms with Crippen LogP contribution in [0.15, 0.2) is 47.4 Å². The SMILES string of the molecule is Cc1cccc(NS(=O)(=O)c2ccc(Cl)c(C(=O)NC3CCC(C)CC3)c2)c1. The Morgan fingerprint density at radius 3 is 2.46 bits per heavy atom. The first-order valence-corrected chi connectivity index (χ1v) is 11.3. The van der Waals surface area contributed by atoms with Crippen LogP contribution in [-0.2, 0) is 10.0 Å². The molecule has 2 aromatic rings. The average Bonchev–Trinajstić information content (AvgIpc) is 2.63. The minimum Gasteiger partial charge on any atom is -0.349 e. The van der Waals surface area contributed by atoms with E-state index in [4.69, 9.17) is 11.6 Å². The van der Waals surface area contributed by atoms with Crippen LogP contribution in [0.3, 0.4) is 0 Å². The molecule has 28 heavy (non-hydrogen) atoms. The lowest BCUT2D eigenvalue weighted by Crippen LogP contribution is -2.37. The van der Waals surface area contributed by atoms with Gasteiger partial charge in [0.1, 0.15) is 0 Å². The van der Waals surface area contributed by atoms with Gasteiger partial charge < -0.3 is 5.32 Å². The van der Waals surface area contributed by atoms with Crippen molar-refractivity contribution in [3.05, 3.63) is 58.6 Å². The molecule has 1 aliphatic carbocycles. The zero-order chi connectivity index (χ0) is 20.3. The number of carbonyl (C=O) groups is 1. The minimum atomic E-state index is -3.83. The summed E-state index contributed by atoms with van der Waals surface area (Å²) in [7, 11) is -3.83. The number of nitrogens with one attached hydrogen (secondary N) is 2. The van der Waals surface area contributed by atoms with Crippen molar-refractivity contribution < 1.29 is 13.2 Å². The molecule has 0 atom stereocenters. The predicted molar refractivity (Wildman–Crippen MR) is 112 cm³/mol. The quantitative estimate of drug-likeness (QED) is 0.732. The number of aryl methyl sites for hydroxylation is 1. The third-order valence-corrected chi connectivity index (χ3v) is 6.82. The van der Waals surface area contributed by atoms with Crippen molar-refractivity contribution in [2.75, 3.05) is 4.72 Å². The largest absolute Gasteiger partial charge is 0.349 e. The van der Waals surface area contributed by atoms with Crippen molar-refractivity contribution in [2.24, 2.45) is 5.92 Å². The highest BCUT2D eigenvalue weighted by atomic mass is 35.5. The highest BCUT2D eigenvalue weighted by Crippen LogP contribution is 2.26. The van der Waals surface area contributed by atoms with Crippen molar-refractivity contribution in [1.29, 1.82) is 0 Å². The van der Waals surface area contributed by atoms with E-state index in [9.17, 15) is 13.2 Å². The molecule has 1 fully saturated rings. The molecule has 150 valence electrons. The van der Waals surface area contributed by atoms with Gasteiger partial charge in [-0.1, -0.05) is 30.7 Å². The molecule has 0 spiro atoms. The number of rotatable bonds is 5. The molecule has 0 saturated heterocycles. The van der Waals surface area contributed by atoms with E-state index in [-0.39, 0.29) is 27.4 Å². The first-order chi connectivity index (χ1) is 13.2. The van der Waals surface area contributed by atoms with E-state index in [0.717, 1.165) is 31.2 Å². The van der Waals surface area contributed by atoms with E-state index in [1.807, 2.05) is 13.0 Å². The number of carbonyl (C=O) groups excluding carboxylic acids is 1. The summed E-state index contributed by atoms with van der Waals surface area (Å²) in [5.41, 5.74) is 1.59. The number of hydrogen-bond donors (Lipinski definition) is 2. The topological polar surface area (TPSA) is 75.3 Å². The fourth-order valence-electron chi connectivity index (χ4n) is 3.44. The van der Waals surface area contributed by atoms with Crippen LogP contribution in [-0.4, -0.2) is 20.4 Å². The van der Waals surface area contributed by atoms with E-state index >= 15 is 0 Å². The van der Waals surface area contributed by atoms with E-state index in [1.165, 1.54) is 18.2 Å². The van der Waals surface area contributed by atoms with Gasteiger partial charge in [0.15, 0.2) is 0 Å². The Kier molecular flexibility index (Phi) is 6.30. The number of sulfonamides is 1. The smallest absolute Gasteiger partial charge is 0.261 e. The number of amides is 1. The molecule has 7 heteroatoms. The van der Waals surface area contributed by atoms with Gasteiger partial charge in [-0.25, -0.2) is 8.42 Å². The van der Waals surface area contributed by atoms with Crippen molar-refractivity contribution in [1.82, 2.24) is 5.32 Å². The van der Waals surface area contributed by atoms with Gasteiger partial charge in [0.2, 0.25) is 0 Å². The van der Waals surface area contributed by atoms with Crippen LogP contribution in [0.25, 0.3) is 0 Å². The van der Waals surface area contributed by atoms with Gasteiger partial charge in [0, 0.05) is 11.7 Å². The third-order valence-electron chi connectivity index (χ3n) is 5.11. The van der Waals surface area contributed by atoms with Gasteiger partial charge in [-0.05, 0) is 74.4 Å². The lowest BCUT2D eigenvalue weighted by molar-refractivity contribution is 0.0923. The normalized spacial score (nSPS) is 19.8. The Bertz CT molecular complexity index is 967. The molecule has 0 heterocycles. The summed E-state index contributed by atoms with van der Waals surface area (Å²) < 4.78 is 28.0. The van der Waals surface area contributed by atoms with Gasteiger partial charge in [-0.3, -0.25) is 9.52 Å². The van der Waals surface area contributed by atoms with Crippen molar-refractivity contribution >= 4 is 33.2 Å². The van der Waals surface area contributed by atoms with Gasteiger partial charge in [0.25, 0.3) is 15.9 Å². The molecule has 0 aromatic heterocycles. The summed E-state index contributed by atoms with van der Waals surface area (Å²) in [6.45, 7) is 4.10. The van der Waals surface area contributed by atoms with Crippen LogP contribution < -0.4 is 10.0 Å². The highest BCUT2D eigenvalue weighted by Gasteiger charge is 2.23. The zero-order valence-corrected chi connectivity index (χ0v) is 17.6. The fraction of sp³-hybridized carbons (Fsp3) is 0.381. The minimum absolute atomic E-state index is 0.000762. The monoisotopic (exact) mass is 420 g/mol. The Morgan fingerprint density at radius 1 is 1.07 bits per heavy atom. The van der Waals surface area contributed by atoms with Crippen molar-refractivity contribution in [3.63, 3.8) is 0 Å². The molecular weight excluding hydrogens is 396 g/mol. The summed E-state index contributed by atoms with van der Waals surface area (Å²) in [6.07, 6.45) is 4.01. The zero-order valence-electron chi connectivity index (χ0n) is 16.0. The number of halogens is 1. The van der Waals surface area contributed by atoms with Crippen LogP contribution in [0.2, 0.25) is 5.02 Å². The molecule has 1 aliphatic rings. The van der Waals surface area contributed by atoms with Crippen LogP contribution in [0.4, 0.5) is 5.69 Å². The lowest BCUT2D eigenvalue weighted by Gasteiger charge is -2.27. The van der Waals surface area contributed by atoms with Crippen LogP contribution >= 0.6 is 11.6 Å². The number of benzene rings is 2. The number of anilines is 1. The Balaban J connectivity index is 1.79. The second-order valence-corrected chi connectivity index (χ2v) is 9.64. The maximum Gasteiger partial charge on any atom is 0.261 e. The van der Waals surface area contributed by atoms with Gasteiger partial charge in [0.05, 0.1) is 15.5 Å². The first-order valence-electron chi connectivity index (χ1n) is 9.44. The fourth-order valence-corrected chi connectivity index (χ4v) is 4.71. The second kappa shape index (κ2) is 8.53. The van der Waals surface area contributed by atoms with E-state index in [1.54, 1.807) is 18.2 Å². The van der Waals surface area contributed by atoms with Crippen molar-refractivity contribution in [2.45, 2.75) is 50.5 Å². The van der Waals surface area contributed by atoms with Crippen LogP contribution in [0, 0.1) is 12.8 Å². The van der Waals surface area contributed by atoms with Gasteiger partial charge >= 0.3 is 0 Å². The summed E-state index contributed by atoms with van der Waals surface area (Å²) in [5.74, 6) is 0.343. The average molecular weight is 421 g/mol. The molecule has 5 nitrogen and oxygen atoms in total. The van der Waals surface area contributed by atoms with Crippen molar-refractivity contribution in [3.8, 4) is 0 Å². The molecule has 2 aromatic carbocycles.